The maximum absolute atomic E-state index is 12.8. The van der Waals surface area contributed by atoms with Crippen LogP contribution >= 0.6 is 11.3 Å². The first kappa shape index (κ1) is 15.7. The normalized spacial score (nSPS) is 15.3. The summed E-state index contributed by atoms with van der Waals surface area (Å²) in [6.45, 7) is 5.87. The van der Waals surface area contributed by atoms with E-state index in [9.17, 15) is 4.79 Å². The van der Waals surface area contributed by atoms with E-state index >= 15 is 0 Å². The second-order valence-corrected chi connectivity index (χ2v) is 6.93. The summed E-state index contributed by atoms with van der Waals surface area (Å²) in [4.78, 5) is 16.9. The largest absolute Gasteiger partial charge is 0.336 e. The Balaban J connectivity index is 2.22. The van der Waals surface area contributed by atoms with Crippen LogP contribution in [0.5, 0.6) is 0 Å². The lowest BCUT2D eigenvalue weighted by molar-refractivity contribution is -0.137. The van der Waals surface area contributed by atoms with Gasteiger partial charge in [-0.15, -0.1) is 11.3 Å². The molecule has 1 heterocycles. The van der Waals surface area contributed by atoms with E-state index in [0.29, 0.717) is 0 Å². The standard InChI is InChI=1S/C17H22N2OS/c1-12-10-11-15(21-12)13(2)19(4)16(20)17(3,18)14-8-6-5-7-9-14/h5-11,13H,18H2,1-4H3. The fourth-order valence-electron chi connectivity index (χ4n) is 2.32. The summed E-state index contributed by atoms with van der Waals surface area (Å²) in [5, 5.41) is 0. The van der Waals surface area contributed by atoms with Gasteiger partial charge in [-0.25, -0.2) is 0 Å². The second kappa shape index (κ2) is 6.00. The van der Waals surface area contributed by atoms with Crippen molar-refractivity contribution < 1.29 is 4.79 Å². The highest BCUT2D eigenvalue weighted by molar-refractivity contribution is 7.12. The summed E-state index contributed by atoms with van der Waals surface area (Å²) in [6, 6.07) is 13.7. The van der Waals surface area contributed by atoms with E-state index < -0.39 is 5.54 Å². The Morgan fingerprint density at radius 2 is 1.86 bits per heavy atom. The molecule has 2 atom stereocenters. The smallest absolute Gasteiger partial charge is 0.247 e. The van der Waals surface area contributed by atoms with Crippen LogP contribution in [0.25, 0.3) is 0 Å². The van der Waals surface area contributed by atoms with Crippen LogP contribution in [0.15, 0.2) is 42.5 Å². The van der Waals surface area contributed by atoms with E-state index in [2.05, 4.69) is 19.1 Å². The molecule has 1 aromatic heterocycles. The van der Waals surface area contributed by atoms with Crippen molar-refractivity contribution in [3.8, 4) is 0 Å². The summed E-state index contributed by atoms with van der Waals surface area (Å²) in [5.41, 5.74) is 6.13. The van der Waals surface area contributed by atoms with Crippen molar-refractivity contribution in [2.45, 2.75) is 32.4 Å². The van der Waals surface area contributed by atoms with Crippen LogP contribution in [0.1, 0.15) is 35.2 Å². The Kier molecular flexibility index (Phi) is 4.49. The molecule has 2 rings (SSSR count). The Labute approximate surface area is 130 Å². The van der Waals surface area contributed by atoms with E-state index in [-0.39, 0.29) is 11.9 Å². The van der Waals surface area contributed by atoms with Gasteiger partial charge in [0, 0.05) is 16.8 Å². The summed E-state index contributed by atoms with van der Waals surface area (Å²) in [5.74, 6) is -0.0766. The van der Waals surface area contributed by atoms with Crippen molar-refractivity contribution in [2.75, 3.05) is 7.05 Å². The molecular formula is C17H22N2OS. The third kappa shape index (κ3) is 3.17. The molecule has 3 nitrogen and oxygen atoms in total. The lowest BCUT2D eigenvalue weighted by atomic mass is 9.91. The molecule has 2 aromatic rings. The number of aryl methyl sites for hydroxylation is 1. The number of carbonyl (C=O) groups is 1. The van der Waals surface area contributed by atoms with Gasteiger partial charge in [0.2, 0.25) is 5.91 Å². The number of benzene rings is 1. The maximum atomic E-state index is 12.8. The number of nitrogens with two attached hydrogens (primary N) is 1. The van der Waals surface area contributed by atoms with Gasteiger partial charge in [0.25, 0.3) is 0 Å². The van der Waals surface area contributed by atoms with Gasteiger partial charge < -0.3 is 10.6 Å². The predicted molar refractivity (Wildman–Crippen MR) is 88.2 cm³/mol. The van der Waals surface area contributed by atoms with Crippen molar-refractivity contribution in [3.63, 3.8) is 0 Å². The Bertz CT molecular complexity index is 619. The second-order valence-electron chi connectivity index (χ2n) is 5.61. The molecule has 0 aliphatic carbocycles. The van der Waals surface area contributed by atoms with E-state index in [0.717, 1.165) is 5.56 Å². The lowest BCUT2D eigenvalue weighted by Gasteiger charge is -2.33. The predicted octanol–water partition coefficient (Wildman–Crippen LogP) is 3.45. The molecule has 0 saturated carbocycles. The quantitative estimate of drug-likeness (QED) is 0.940. The van der Waals surface area contributed by atoms with Crippen molar-refractivity contribution in [1.29, 1.82) is 0 Å². The van der Waals surface area contributed by atoms with Gasteiger partial charge in [-0.3, -0.25) is 4.79 Å². The van der Waals surface area contributed by atoms with Crippen LogP contribution in [-0.4, -0.2) is 17.9 Å². The minimum atomic E-state index is -1.02. The molecule has 2 N–H and O–H groups in total. The first-order chi connectivity index (χ1) is 9.84. The molecular weight excluding hydrogens is 280 g/mol. The average molecular weight is 302 g/mol. The first-order valence-corrected chi connectivity index (χ1v) is 7.83. The molecule has 1 aromatic carbocycles. The zero-order chi connectivity index (χ0) is 15.6. The summed E-state index contributed by atoms with van der Waals surface area (Å²) in [7, 11) is 1.82. The highest BCUT2D eigenvalue weighted by Crippen LogP contribution is 2.29. The summed E-state index contributed by atoms with van der Waals surface area (Å²) >= 11 is 1.71. The fraction of sp³-hybridized carbons (Fsp3) is 0.353. The number of likely N-dealkylation sites (N-methyl/N-ethyl adjacent to an activating group) is 1. The zero-order valence-corrected chi connectivity index (χ0v) is 13.8. The molecule has 4 heteroatoms. The first-order valence-electron chi connectivity index (χ1n) is 7.02. The van der Waals surface area contributed by atoms with Crippen molar-refractivity contribution in [3.05, 3.63) is 57.8 Å². The molecule has 2 unspecified atom stereocenters. The van der Waals surface area contributed by atoms with Gasteiger partial charge in [-0.1, -0.05) is 30.3 Å². The van der Waals surface area contributed by atoms with Gasteiger partial charge in [0.1, 0.15) is 5.54 Å². The highest BCUT2D eigenvalue weighted by Gasteiger charge is 2.35. The van der Waals surface area contributed by atoms with Gasteiger partial charge in [0.15, 0.2) is 0 Å². The lowest BCUT2D eigenvalue weighted by Crippen LogP contribution is -2.50. The molecule has 21 heavy (non-hydrogen) atoms. The van der Waals surface area contributed by atoms with E-state index in [1.807, 2.05) is 44.3 Å². The molecule has 0 aliphatic rings. The van der Waals surface area contributed by atoms with Crippen LogP contribution in [0.4, 0.5) is 0 Å². The number of carbonyl (C=O) groups excluding carboxylic acids is 1. The van der Waals surface area contributed by atoms with E-state index in [1.165, 1.54) is 9.75 Å². The monoisotopic (exact) mass is 302 g/mol. The Hall–Kier alpha value is -1.65. The molecule has 1 amide bonds. The Morgan fingerprint density at radius 1 is 1.24 bits per heavy atom. The maximum Gasteiger partial charge on any atom is 0.247 e. The molecule has 0 bridgehead atoms. The number of rotatable bonds is 4. The van der Waals surface area contributed by atoms with E-state index in [1.54, 1.807) is 23.2 Å². The number of amides is 1. The minimum Gasteiger partial charge on any atom is -0.336 e. The molecule has 0 radical (unpaired) electrons. The van der Waals surface area contributed by atoms with Gasteiger partial charge in [-0.2, -0.15) is 0 Å². The van der Waals surface area contributed by atoms with Crippen LogP contribution < -0.4 is 5.73 Å². The van der Waals surface area contributed by atoms with Crippen LogP contribution in [-0.2, 0) is 10.3 Å². The number of thiophene rings is 1. The van der Waals surface area contributed by atoms with Crippen LogP contribution in [0.2, 0.25) is 0 Å². The SMILES string of the molecule is Cc1ccc(C(C)N(C)C(=O)C(C)(N)c2ccccc2)s1. The zero-order valence-electron chi connectivity index (χ0n) is 13.0. The highest BCUT2D eigenvalue weighted by atomic mass is 32.1. The van der Waals surface area contributed by atoms with Crippen LogP contribution in [0.3, 0.4) is 0 Å². The summed E-state index contributed by atoms with van der Waals surface area (Å²) < 4.78 is 0. The van der Waals surface area contributed by atoms with Crippen LogP contribution in [0, 0.1) is 6.92 Å². The third-order valence-electron chi connectivity index (χ3n) is 3.89. The van der Waals surface area contributed by atoms with Gasteiger partial charge >= 0.3 is 0 Å². The van der Waals surface area contributed by atoms with Crippen molar-refractivity contribution in [2.24, 2.45) is 5.73 Å². The van der Waals surface area contributed by atoms with E-state index in [4.69, 9.17) is 5.73 Å². The van der Waals surface area contributed by atoms with Gasteiger partial charge in [-0.05, 0) is 38.5 Å². The van der Waals surface area contributed by atoms with Crippen molar-refractivity contribution >= 4 is 17.2 Å². The molecule has 0 spiro atoms. The fourth-order valence-corrected chi connectivity index (χ4v) is 3.29. The molecule has 0 fully saturated rings. The number of hydrogen-bond acceptors (Lipinski definition) is 3. The Morgan fingerprint density at radius 3 is 2.38 bits per heavy atom. The van der Waals surface area contributed by atoms with Crippen molar-refractivity contribution in [1.82, 2.24) is 4.90 Å². The molecule has 0 aliphatic heterocycles. The average Bonchev–Trinajstić information content (AvgIpc) is 2.92. The topological polar surface area (TPSA) is 46.3 Å². The number of nitrogens with zero attached hydrogens (tertiary/aromatic N) is 1. The molecule has 112 valence electrons. The number of hydrogen-bond donors (Lipinski definition) is 1. The third-order valence-corrected chi connectivity index (χ3v) is 5.06. The van der Waals surface area contributed by atoms with Gasteiger partial charge in [0.05, 0.1) is 6.04 Å². The molecule has 0 saturated heterocycles. The summed E-state index contributed by atoms with van der Waals surface area (Å²) in [6.07, 6.45) is 0. The minimum absolute atomic E-state index is 0.0165.